The average Bonchev–Trinajstić information content (AvgIpc) is 2.72. The van der Waals surface area contributed by atoms with Crippen molar-refractivity contribution >= 4 is 11.6 Å². The van der Waals surface area contributed by atoms with Gasteiger partial charge in [-0.2, -0.15) is 0 Å². The van der Waals surface area contributed by atoms with E-state index < -0.39 is 0 Å². The van der Waals surface area contributed by atoms with Crippen LogP contribution in [0.2, 0.25) is 0 Å². The molecule has 0 aliphatic carbocycles. The van der Waals surface area contributed by atoms with E-state index >= 15 is 0 Å². The second kappa shape index (κ2) is 9.38. The highest BCUT2D eigenvalue weighted by Gasteiger charge is 2.02. The van der Waals surface area contributed by atoms with Crippen LogP contribution in [0.1, 0.15) is 11.1 Å². The second-order valence-corrected chi connectivity index (χ2v) is 6.06. The molecule has 2 N–H and O–H groups in total. The van der Waals surface area contributed by atoms with E-state index in [-0.39, 0.29) is 18.3 Å². The van der Waals surface area contributed by atoms with Gasteiger partial charge in [-0.25, -0.2) is 4.39 Å². The monoisotopic (exact) mass is 364 g/mol. The van der Waals surface area contributed by atoms with Crippen LogP contribution < -0.4 is 15.4 Å². The number of nitrogens with one attached hydrogen (secondary N) is 2. The van der Waals surface area contributed by atoms with Crippen LogP contribution in [-0.2, 0) is 17.9 Å². The van der Waals surface area contributed by atoms with Crippen molar-refractivity contribution in [2.75, 3.05) is 11.9 Å². The van der Waals surface area contributed by atoms with Crippen LogP contribution in [0.4, 0.5) is 10.1 Å². The van der Waals surface area contributed by atoms with Crippen molar-refractivity contribution < 1.29 is 13.9 Å². The Hall–Kier alpha value is -3.34. The number of hydrogen-bond donors (Lipinski definition) is 2. The first-order chi connectivity index (χ1) is 13.2. The minimum absolute atomic E-state index is 0.135. The van der Waals surface area contributed by atoms with Crippen molar-refractivity contribution in [1.82, 2.24) is 5.32 Å². The van der Waals surface area contributed by atoms with E-state index in [1.165, 1.54) is 12.1 Å². The molecule has 0 atom stereocenters. The first-order valence-corrected chi connectivity index (χ1v) is 8.71. The summed E-state index contributed by atoms with van der Waals surface area (Å²) in [5.41, 5.74) is 2.79. The smallest absolute Gasteiger partial charge is 0.239 e. The molecule has 4 nitrogen and oxygen atoms in total. The Labute approximate surface area is 158 Å². The maximum Gasteiger partial charge on any atom is 0.239 e. The number of carbonyl (C=O) groups is 1. The van der Waals surface area contributed by atoms with E-state index in [0.29, 0.717) is 13.2 Å². The van der Waals surface area contributed by atoms with Crippen molar-refractivity contribution in [3.8, 4) is 5.75 Å². The molecule has 0 heterocycles. The topological polar surface area (TPSA) is 50.4 Å². The van der Waals surface area contributed by atoms with Crippen molar-refractivity contribution in [2.45, 2.75) is 13.2 Å². The Balaban J connectivity index is 1.40. The predicted octanol–water partition coefficient (Wildman–Crippen LogP) is 4.13. The second-order valence-electron chi connectivity index (χ2n) is 6.06. The zero-order valence-electron chi connectivity index (χ0n) is 14.8. The van der Waals surface area contributed by atoms with Crippen LogP contribution >= 0.6 is 0 Å². The van der Waals surface area contributed by atoms with Gasteiger partial charge >= 0.3 is 0 Å². The summed E-state index contributed by atoms with van der Waals surface area (Å²) in [6, 6.07) is 23.5. The molecule has 5 heteroatoms. The minimum atomic E-state index is -0.289. The van der Waals surface area contributed by atoms with Gasteiger partial charge in [0.05, 0.1) is 6.54 Å². The van der Waals surface area contributed by atoms with Crippen molar-refractivity contribution in [2.24, 2.45) is 0 Å². The van der Waals surface area contributed by atoms with Gasteiger partial charge in [-0.3, -0.25) is 4.79 Å². The minimum Gasteiger partial charge on any atom is -0.489 e. The summed E-state index contributed by atoms with van der Waals surface area (Å²) < 4.78 is 18.6. The lowest BCUT2D eigenvalue weighted by molar-refractivity contribution is -0.119. The molecule has 0 bridgehead atoms. The summed E-state index contributed by atoms with van der Waals surface area (Å²) in [5.74, 6) is 0.344. The highest BCUT2D eigenvalue weighted by Crippen LogP contribution is 2.17. The fraction of sp³-hybridized carbons (Fsp3) is 0.136. The first kappa shape index (κ1) is 18.5. The molecule has 0 spiro atoms. The lowest BCUT2D eigenvalue weighted by Gasteiger charge is -2.10. The normalized spacial score (nSPS) is 10.3. The van der Waals surface area contributed by atoms with Crippen LogP contribution in [0.15, 0.2) is 78.9 Å². The van der Waals surface area contributed by atoms with Gasteiger partial charge in [0.1, 0.15) is 18.2 Å². The predicted molar refractivity (Wildman–Crippen MR) is 104 cm³/mol. The summed E-state index contributed by atoms with van der Waals surface area (Å²) in [6.45, 7) is 1.04. The lowest BCUT2D eigenvalue weighted by Crippen LogP contribution is -2.29. The molecule has 3 rings (SSSR count). The number of rotatable bonds is 8. The van der Waals surface area contributed by atoms with Gasteiger partial charge in [-0.05, 0) is 47.5 Å². The van der Waals surface area contributed by atoms with Crippen LogP contribution in [-0.4, -0.2) is 12.5 Å². The highest BCUT2D eigenvalue weighted by molar-refractivity contribution is 5.80. The Morgan fingerprint density at radius 2 is 1.56 bits per heavy atom. The highest BCUT2D eigenvalue weighted by atomic mass is 19.1. The SMILES string of the molecule is O=C(CNc1ccc(OCc2ccccc2)cc1)NCc1ccc(F)cc1. The van der Waals surface area contributed by atoms with Crippen molar-refractivity contribution in [3.05, 3.63) is 95.8 Å². The number of ether oxygens (including phenoxy) is 1. The van der Waals surface area contributed by atoms with E-state index in [0.717, 1.165) is 22.6 Å². The molecule has 3 aromatic rings. The van der Waals surface area contributed by atoms with E-state index in [2.05, 4.69) is 10.6 Å². The Bertz CT molecular complexity index is 850. The molecular weight excluding hydrogens is 343 g/mol. The Morgan fingerprint density at radius 3 is 2.26 bits per heavy atom. The lowest BCUT2D eigenvalue weighted by atomic mass is 10.2. The molecule has 0 unspecified atom stereocenters. The van der Waals surface area contributed by atoms with Crippen molar-refractivity contribution in [1.29, 1.82) is 0 Å². The third-order valence-corrected chi connectivity index (χ3v) is 3.96. The zero-order valence-corrected chi connectivity index (χ0v) is 14.8. The number of hydrogen-bond acceptors (Lipinski definition) is 3. The maximum atomic E-state index is 12.9. The van der Waals surface area contributed by atoms with Gasteiger partial charge in [0.2, 0.25) is 5.91 Å². The van der Waals surface area contributed by atoms with Crippen LogP contribution in [0.25, 0.3) is 0 Å². The van der Waals surface area contributed by atoms with Gasteiger partial charge < -0.3 is 15.4 Å². The molecule has 0 aromatic heterocycles. The average molecular weight is 364 g/mol. The molecule has 0 radical (unpaired) electrons. The fourth-order valence-electron chi connectivity index (χ4n) is 2.46. The number of halogens is 1. The summed E-state index contributed by atoms with van der Waals surface area (Å²) >= 11 is 0. The van der Waals surface area contributed by atoms with Gasteiger partial charge in [0.15, 0.2) is 0 Å². The standard InChI is InChI=1S/C22H21FN2O2/c23-19-8-6-17(7-9-19)14-25-22(26)15-24-20-10-12-21(13-11-20)27-16-18-4-2-1-3-5-18/h1-13,24H,14-16H2,(H,25,26). The number of carbonyl (C=O) groups excluding carboxylic acids is 1. The molecule has 0 aliphatic rings. The number of amides is 1. The summed E-state index contributed by atoms with van der Waals surface area (Å²) in [7, 11) is 0. The van der Waals surface area contributed by atoms with E-state index in [1.54, 1.807) is 12.1 Å². The largest absolute Gasteiger partial charge is 0.489 e. The zero-order chi connectivity index (χ0) is 18.9. The van der Waals surface area contributed by atoms with E-state index in [4.69, 9.17) is 4.74 Å². The van der Waals surface area contributed by atoms with Crippen LogP contribution in [0.5, 0.6) is 5.75 Å². The fourth-order valence-corrected chi connectivity index (χ4v) is 2.46. The van der Waals surface area contributed by atoms with E-state index in [9.17, 15) is 9.18 Å². The molecule has 1 amide bonds. The Kier molecular flexibility index (Phi) is 6.41. The van der Waals surface area contributed by atoms with Gasteiger partial charge in [0.25, 0.3) is 0 Å². The number of benzene rings is 3. The third-order valence-electron chi connectivity index (χ3n) is 3.96. The summed E-state index contributed by atoms with van der Waals surface area (Å²) in [4.78, 5) is 11.9. The quantitative estimate of drug-likeness (QED) is 0.632. The third kappa shape index (κ3) is 6.15. The Morgan fingerprint density at radius 1 is 0.852 bits per heavy atom. The summed E-state index contributed by atoms with van der Waals surface area (Å²) in [6.07, 6.45) is 0. The molecular formula is C22H21FN2O2. The van der Waals surface area contributed by atoms with Gasteiger partial charge in [-0.15, -0.1) is 0 Å². The summed E-state index contributed by atoms with van der Waals surface area (Å²) in [5, 5.41) is 5.85. The molecule has 0 saturated heterocycles. The van der Waals surface area contributed by atoms with Gasteiger partial charge in [0, 0.05) is 12.2 Å². The molecule has 138 valence electrons. The first-order valence-electron chi connectivity index (χ1n) is 8.71. The number of anilines is 1. The van der Waals surface area contributed by atoms with E-state index in [1.807, 2.05) is 54.6 Å². The van der Waals surface area contributed by atoms with Crippen molar-refractivity contribution in [3.63, 3.8) is 0 Å². The molecule has 0 saturated carbocycles. The molecule has 0 aliphatic heterocycles. The van der Waals surface area contributed by atoms with Crippen LogP contribution in [0.3, 0.4) is 0 Å². The van der Waals surface area contributed by atoms with Crippen LogP contribution in [0, 0.1) is 5.82 Å². The molecule has 3 aromatic carbocycles. The van der Waals surface area contributed by atoms with Gasteiger partial charge in [-0.1, -0.05) is 42.5 Å². The molecule has 0 fully saturated rings. The maximum absolute atomic E-state index is 12.9. The molecule has 27 heavy (non-hydrogen) atoms.